The van der Waals surface area contributed by atoms with Gasteiger partial charge in [0.15, 0.2) is 0 Å². The number of urea groups is 2. The Kier molecular flexibility index (Phi) is 16.0. The van der Waals surface area contributed by atoms with Crippen molar-refractivity contribution in [3.05, 3.63) is 88.8 Å². The maximum absolute atomic E-state index is 15.4. The summed E-state index contributed by atoms with van der Waals surface area (Å²) in [5.74, 6) is 0.177. The van der Waals surface area contributed by atoms with Gasteiger partial charge in [0.2, 0.25) is 0 Å². The molecule has 12 nitrogen and oxygen atoms in total. The summed E-state index contributed by atoms with van der Waals surface area (Å²) in [5, 5.41) is 5.93. The Morgan fingerprint density at radius 1 is 0.592 bits per heavy atom. The number of allylic oxidation sites excluding steroid dienone is 1. The number of aromatic amines is 1. The van der Waals surface area contributed by atoms with Crippen molar-refractivity contribution in [1.82, 2.24) is 20.1 Å². The average Bonchev–Trinajstić information content (AvgIpc) is 3.80. The van der Waals surface area contributed by atoms with Crippen molar-refractivity contribution in [2.45, 2.75) is 135 Å². The van der Waals surface area contributed by atoms with Crippen LogP contribution >= 0.6 is 0 Å². The van der Waals surface area contributed by atoms with Crippen LogP contribution in [0, 0.1) is 57.2 Å². The summed E-state index contributed by atoms with van der Waals surface area (Å²) in [7, 11) is 6.53. The Morgan fingerprint density at radius 2 is 0.986 bits per heavy atom. The minimum absolute atomic E-state index is 0.0455. The lowest BCUT2D eigenvalue weighted by Gasteiger charge is -2.50. The van der Waals surface area contributed by atoms with Gasteiger partial charge in [-0.15, -0.1) is 0 Å². The number of anilines is 1. The van der Waals surface area contributed by atoms with E-state index in [2.05, 4.69) is 113 Å². The molecule has 3 aliphatic rings. The first-order chi connectivity index (χ1) is 32.9. The maximum atomic E-state index is 15.4. The van der Waals surface area contributed by atoms with Gasteiger partial charge in [-0.25, -0.2) is 24.2 Å². The summed E-state index contributed by atoms with van der Waals surface area (Å²) < 4.78 is 13.8. The number of rotatable bonds is 8. The Bertz CT molecular complexity index is 2480. The number of H-pyrrole nitrogens is 1. The highest BCUT2D eigenvalue weighted by Crippen LogP contribution is 2.52. The minimum atomic E-state index is -0.588. The van der Waals surface area contributed by atoms with Crippen molar-refractivity contribution in [2.75, 3.05) is 33.5 Å². The summed E-state index contributed by atoms with van der Waals surface area (Å²) in [6.45, 7) is 31.2. The van der Waals surface area contributed by atoms with Crippen LogP contribution in [0.1, 0.15) is 144 Å². The molecule has 386 valence electrons. The molecule has 2 heterocycles. The topological polar surface area (TPSA) is 145 Å². The SMILES string of the molecule is CC1CC(C(C)(C)C)C(OC(=O)C2=C(c3ccccc3)/C(=C/c3[nH]c(NC(=O)N(C)C)c(C(=O)OC4C(C(C)(C)C)CC(C)CC4C(C)(C)C)c3-c3ccccc3)N=C2NC(=O)N(C)C)C(C(C)(C)C)C1. The van der Waals surface area contributed by atoms with E-state index >= 15 is 9.59 Å². The third kappa shape index (κ3) is 12.3. The first kappa shape index (κ1) is 54.7. The number of esters is 2. The van der Waals surface area contributed by atoms with E-state index in [-0.39, 0.29) is 68.1 Å². The molecule has 4 unspecified atom stereocenters. The first-order valence-electron chi connectivity index (χ1n) is 25.7. The van der Waals surface area contributed by atoms with E-state index in [1.54, 1.807) is 34.3 Å². The zero-order valence-electron chi connectivity index (χ0n) is 46.1. The largest absolute Gasteiger partial charge is 0.458 e. The van der Waals surface area contributed by atoms with Crippen LogP contribution < -0.4 is 10.6 Å². The van der Waals surface area contributed by atoms with Gasteiger partial charge in [-0.2, -0.15) is 0 Å². The van der Waals surface area contributed by atoms with Gasteiger partial charge in [-0.05, 0) is 76.4 Å². The van der Waals surface area contributed by atoms with Crippen LogP contribution in [0.4, 0.5) is 15.4 Å². The molecular formula is C59H84N6O6. The summed E-state index contributed by atoms with van der Waals surface area (Å²) in [4.78, 5) is 69.6. The van der Waals surface area contributed by atoms with Crippen LogP contribution in [0.5, 0.6) is 0 Å². The molecule has 4 amide bonds. The molecule has 12 heteroatoms. The lowest BCUT2D eigenvalue weighted by atomic mass is 9.59. The molecule has 1 aliphatic heterocycles. The molecular weight excluding hydrogens is 889 g/mol. The predicted octanol–water partition coefficient (Wildman–Crippen LogP) is 13.2. The molecule has 4 atom stereocenters. The van der Waals surface area contributed by atoms with Crippen LogP contribution in [-0.2, 0) is 14.3 Å². The number of aromatic nitrogens is 1. The number of amides is 4. The highest BCUT2D eigenvalue weighted by molar-refractivity contribution is 6.31. The van der Waals surface area contributed by atoms with Crippen molar-refractivity contribution in [3.8, 4) is 11.1 Å². The Hall–Kier alpha value is -5.65. The van der Waals surface area contributed by atoms with Gasteiger partial charge in [0.05, 0.1) is 11.4 Å². The highest BCUT2D eigenvalue weighted by Gasteiger charge is 2.50. The number of ether oxygens (including phenoxy) is 2. The molecule has 6 rings (SSSR count). The predicted molar refractivity (Wildman–Crippen MR) is 288 cm³/mol. The number of aliphatic imine (C=N–C) groups is 1. The Balaban J connectivity index is 1.63. The van der Waals surface area contributed by atoms with Crippen molar-refractivity contribution >= 4 is 47.3 Å². The zero-order valence-corrected chi connectivity index (χ0v) is 46.1. The van der Waals surface area contributed by atoms with Crippen LogP contribution in [0.3, 0.4) is 0 Å². The molecule has 2 fully saturated rings. The van der Waals surface area contributed by atoms with E-state index in [0.29, 0.717) is 45.5 Å². The third-order valence-electron chi connectivity index (χ3n) is 15.2. The molecule has 0 spiro atoms. The van der Waals surface area contributed by atoms with Crippen LogP contribution in [-0.4, -0.2) is 85.0 Å². The number of carbonyl (C=O) groups excluding carboxylic acids is 4. The van der Waals surface area contributed by atoms with Gasteiger partial charge in [-0.1, -0.05) is 158 Å². The number of carbonyl (C=O) groups is 4. The standard InChI is InChI=1S/C59H84N6O6/c1-34-29-38(56(3,4)5)48(39(30-34)57(6,7)8)70-52(66)46-44(36-25-21-19-22-26-36)42(60-50(46)62-54(68)64(15)16)33-43-45(37-27-23-20-24-28-37)47(51(61-43)63-55(69)65(17)18)53(67)71-49-40(58(9,10)11)31-35(2)32-41(49)59(12,13)14/h19-28,33-35,38-41,48-49,60H,29-32H2,1-18H3,(H,62,68)(H,61,63,69)/b43-33-. The lowest BCUT2D eigenvalue weighted by Crippen LogP contribution is -2.50. The zero-order chi connectivity index (χ0) is 52.7. The number of benzene rings is 2. The second-order valence-electron chi connectivity index (χ2n) is 25.6. The van der Waals surface area contributed by atoms with E-state index in [1.807, 2.05) is 60.7 Å². The smallest absolute Gasteiger partial charge is 0.342 e. The molecule has 0 bridgehead atoms. The molecule has 0 radical (unpaired) electrons. The molecule has 3 aromatic rings. The highest BCUT2D eigenvalue weighted by atomic mass is 16.5. The van der Waals surface area contributed by atoms with Gasteiger partial charge in [0.25, 0.3) is 0 Å². The number of nitrogens with zero attached hydrogens (tertiary/aromatic N) is 3. The van der Waals surface area contributed by atoms with Crippen molar-refractivity contribution in [2.24, 2.45) is 62.2 Å². The minimum Gasteiger partial charge on any atom is -0.458 e. The average molecular weight is 973 g/mol. The summed E-state index contributed by atoms with van der Waals surface area (Å²) in [6, 6.07) is 18.1. The fourth-order valence-corrected chi connectivity index (χ4v) is 11.3. The van der Waals surface area contributed by atoms with Gasteiger partial charge in [0.1, 0.15) is 35.0 Å². The quantitative estimate of drug-likeness (QED) is 0.192. The molecule has 71 heavy (non-hydrogen) atoms. The lowest BCUT2D eigenvalue weighted by molar-refractivity contribution is -0.164. The molecule has 3 N–H and O–H groups in total. The Labute approximate surface area is 424 Å². The molecule has 1 aromatic heterocycles. The summed E-state index contributed by atoms with van der Waals surface area (Å²) in [6.07, 6.45) is 4.57. The van der Waals surface area contributed by atoms with Gasteiger partial charge >= 0.3 is 24.0 Å². The maximum Gasteiger partial charge on any atom is 0.342 e. The number of hydrogen-bond donors (Lipinski definition) is 3. The summed E-state index contributed by atoms with van der Waals surface area (Å²) >= 11 is 0. The van der Waals surface area contributed by atoms with Crippen LogP contribution in [0.25, 0.3) is 22.8 Å². The Morgan fingerprint density at radius 3 is 1.39 bits per heavy atom. The van der Waals surface area contributed by atoms with Crippen molar-refractivity contribution in [3.63, 3.8) is 0 Å². The number of amidine groups is 1. The third-order valence-corrected chi connectivity index (χ3v) is 15.2. The molecule has 2 saturated carbocycles. The van der Waals surface area contributed by atoms with E-state index in [9.17, 15) is 9.59 Å². The summed E-state index contributed by atoms with van der Waals surface area (Å²) in [5.41, 5.74) is 2.65. The van der Waals surface area contributed by atoms with Gasteiger partial charge < -0.3 is 24.3 Å². The second-order valence-corrected chi connectivity index (χ2v) is 25.6. The normalized spacial score (nSPS) is 24.8. The number of hydrogen-bond acceptors (Lipinski definition) is 7. The van der Waals surface area contributed by atoms with Gasteiger partial charge in [-0.3, -0.25) is 10.6 Å². The van der Waals surface area contributed by atoms with Gasteiger partial charge in [0, 0.05) is 63.0 Å². The van der Waals surface area contributed by atoms with Crippen LogP contribution in [0.2, 0.25) is 0 Å². The van der Waals surface area contributed by atoms with E-state index < -0.39 is 36.2 Å². The second kappa shape index (κ2) is 20.8. The van der Waals surface area contributed by atoms with Crippen molar-refractivity contribution in [1.29, 1.82) is 0 Å². The molecule has 2 aromatic carbocycles. The van der Waals surface area contributed by atoms with E-state index in [0.717, 1.165) is 25.7 Å². The fraction of sp³-hybridized carbons (Fsp3) is 0.576. The molecule has 2 aliphatic carbocycles. The van der Waals surface area contributed by atoms with E-state index in [4.69, 9.17) is 14.5 Å². The molecule has 0 saturated heterocycles. The van der Waals surface area contributed by atoms with Crippen LogP contribution in [0.15, 0.2) is 76.9 Å². The monoisotopic (exact) mass is 973 g/mol. The first-order valence-corrected chi connectivity index (χ1v) is 25.7. The van der Waals surface area contributed by atoms with E-state index in [1.165, 1.54) is 9.80 Å². The fourth-order valence-electron chi connectivity index (χ4n) is 11.3. The van der Waals surface area contributed by atoms with Crippen molar-refractivity contribution < 1.29 is 28.7 Å². The number of nitrogens with one attached hydrogen (secondary N) is 3.